The zero-order chi connectivity index (χ0) is 29.1. The molecular weight excluding hydrogens is 556 g/mol. The molecule has 6 atom stereocenters. The van der Waals surface area contributed by atoms with E-state index >= 15 is 4.79 Å². The lowest BCUT2D eigenvalue weighted by Crippen LogP contribution is -2.61. The van der Waals surface area contributed by atoms with E-state index in [-0.39, 0.29) is 17.7 Å². The third-order valence-electron chi connectivity index (χ3n) is 11.0. The van der Waals surface area contributed by atoms with Crippen molar-refractivity contribution in [3.05, 3.63) is 113 Å². The van der Waals surface area contributed by atoms with Gasteiger partial charge in [0.15, 0.2) is 11.5 Å². The normalized spacial score (nSPS) is 34.4. The highest BCUT2D eigenvalue weighted by molar-refractivity contribution is 7.99. The predicted molar refractivity (Wildman–Crippen MR) is 168 cm³/mol. The van der Waals surface area contributed by atoms with Gasteiger partial charge in [0.05, 0.1) is 19.6 Å². The fourth-order valence-electron chi connectivity index (χ4n) is 9.58. The lowest BCUT2D eigenvalue weighted by molar-refractivity contribution is -0.171. The maximum Gasteiger partial charge on any atom is 0.170 e. The van der Waals surface area contributed by atoms with Crippen LogP contribution in [0.3, 0.4) is 0 Å². The van der Waals surface area contributed by atoms with Gasteiger partial charge in [-0.3, -0.25) is 14.6 Å². The molecule has 4 fully saturated rings. The number of hydrogen-bond acceptors (Lipinski definition) is 7. The van der Waals surface area contributed by atoms with Gasteiger partial charge >= 0.3 is 0 Å². The van der Waals surface area contributed by atoms with E-state index in [2.05, 4.69) is 58.3 Å². The fraction of sp³-hybridized carbons (Fsp3) is 0.306. The zero-order valence-corrected chi connectivity index (χ0v) is 24.9. The zero-order valence-electron chi connectivity index (χ0n) is 24.1. The summed E-state index contributed by atoms with van der Waals surface area (Å²) >= 11 is 1.90. The topological polar surface area (TPSA) is 62.2 Å². The van der Waals surface area contributed by atoms with Gasteiger partial charge in [-0.25, -0.2) is 0 Å². The van der Waals surface area contributed by atoms with Crippen molar-refractivity contribution in [2.45, 2.75) is 23.2 Å². The van der Waals surface area contributed by atoms with Gasteiger partial charge in [0.2, 0.25) is 0 Å². The molecule has 4 heterocycles. The Labute approximate surface area is 254 Å². The third kappa shape index (κ3) is 2.86. The minimum absolute atomic E-state index is 0.0981. The van der Waals surface area contributed by atoms with E-state index in [0.717, 1.165) is 61.7 Å². The molecule has 216 valence electrons. The molecule has 1 unspecified atom stereocenters. The molecule has 0 aromatic heterocycles. The van der Waals surface area contributed by atoms with Gasteiger partial charge in [-0.15, -0.1) is 11.8 Å². The van der Waals surface area contributed by atoms with Gasteiger partial charge in [0, 0.05) is 47.8 Å². The molecule has 4 aromatic carbocycles. The fourth-order valence-corrected chi connectivity index (χ4v) is 10.9. The van der Waals surface area contributed by atoms with E-state index in [9.17, 15) is 5.11 Å². The molecule has 5 aliphatic rings. The molecule has 2 bridgehead atoms. The second kappa shape index (κ2) is 8.73. The van der Waals surface area contributed by atoms with E-state index < -0.39 is 16.7 Å². The molecule has 2 spiro atoms. The number of hydrogen-bond donors (Lipinski definition) is 1. The SMILES string of the molecule is COc1ccc(/C=C2\CN3C[C@@]4(C2=O)[C@@H](c2ccc(OC)cc2)[C@@H]2CSCN2[C@]42c4cccc5cccc(c45)[C@]32O)cc1. The number of aliphatic hydroxyl groups is 1. The molecule has 0 saturated carbocycles. The molecule has 0 radical (unpaired) electrons. The molecular formula is C36H32N2O4S. The summed E-state index contributed by atoms with van der Waals surface area (Å²) in [4.78, 5) is 20.3. The van der Waals surface area contributed by atoms with Crippen LogP contribution in [-0.4, -0.2) is 65.7 Å². The lowest BCUT2D eigenvalue weighted by Gasteiger charge is -2.48. The number of carbonyl (C=O) groups is 1. The van der Waals surface area contributed by atoms with Crippen LogP contribution in [-0.2, 0) is 16.1 Å². The predicted octanol–water partition coefficient (Wildman–Crippen LogP) is 5.35. The highest BCUT2D eigenvalue weighted by atomic mass is 32.2. The number of nitrogens with zero attached hydrogens (tertiary/aromatic N) is 2. The summed E-state index contributed by atoms with van der Waals surface area (Å²) < 4.78 is 10.9. The van der Waals surface area contributed by atoms with E-state index in [0.29, 0.717) is 13.1 Å². The van der Waals surface area contributed by atoms with Crippen molar-refractivity contribution in [1.82, 2.24) is 9.80 Å². The van der Waals surface area contributed by atoms with Crippen LogP contribution >= 0.6 is 11.8 Å². The summed E-state index contributed by atoms with van der Waals surface area (Å²) in [5, 5.41) is 15.7. The van der Waals surface area contributed by atoms with Crippen molar-refractivity contribution in [1.29, 1.82) is 0 Å². The van der Waals surface area contributed by atoms with Crippen LogP contribution in [0, 0.1) is 5.41 Å². The monoisotopic (exact) mass is 588 g/mol. The Balaban J connectivity index is 1.35. The standard InChI is InChI=1S/C36H32N2O4S/c1-41-26-13-9-22(10-14-26)17-25-18-37-20-34(33(25)39)32(24-11-15-27(42-2)16-12-24)30-19-43-21-38(30)35(34)28-7-3-5-23-6-4-8-29(31(23)28)36(35,37)40/h3-17,30,32,40H,18-21H2,1-2H3/b25-17+/t30-,32-,34-,35+,36+/m0/s1. The molecule has 7 heteroatoms. The minimum Gasteiger partial charge on any atom is -0.497 e. The van der Waals surface area contributed by atoms with Gasteiger partial charge in [-0.2, -0.15) is 0 Å². The summed E-state index contributed by atoms with van der Waals surface area (Å²) in [6.45, 7) is 0.886. The first-order chi connectivity index (χ1) is 21.0. The number of rotatable bonds is 4. The van der Waals surface area contributed by atoms with Crippen LogP contribution in [0.5, 0.6) is 11.5 Å². The smallest absolute Gasteiger partial charge is 0.170 e. The van der Waals surface area contributed by atoms with E-state index in [1.54, 1.807) is 14.2 Å². The Morgan fingerprint density at radius 1 is 0.907 bits per heavy atom. The van der Waals surface area contributed by atoms with Crippen molar-refractivity contribution in [3.8, 4) is 11.5 Å². The van der Waals surface area contributed by atoms with Crippen LogP contribution in [0.1, 0.15) is 28.2 Å². The molecule has 4 aliphatic heterocycles. The van der Waals surface area contributed by atoms with Gasteiger partial charge in [0.25, 0.3) is 0 Å². The average molecular weight is 589 g/mol. The van der Waals surface area contributed by atoms with Crippen molar-refractivity contribution in [2.75, 3.05) is 38.9 Å². The number of benzene rings is 4. The second-order valence-electron chi connectivity index (χ2n) is 12.5. The van der Waals surface area contributed by atoms with Crippen LogP contribution in [0.25, 0.3) is 16.8 Å². The maximum atomic E-state index is 15.5. The highest BCUT2D eigenvalue weighted by Gasteiger charge is 2.87. The van der Waals surface area contributed by atoms with Gasteiger partial charge in [-0.05, 0) is 57.8 Å². The first-order valence-electron chi connectivity index (χ1n) is 14.9. The van der Waals surface area contributed by atoms with Crippen molar-refractivity contribution < 1.29 is 19.4 Å². The van der Waals surface area contributed by atoms with Gasteiger partial charge < -0.3 is 14.6 Å². The first-order valence-corrected chi connectivity index (χ1v) is 16.0. The summed E-state index contributed by atoms with van der Waals surface area (Å²) in [5.41, 5.74) is 1.66. The number of Topliss-reactive ketones (excluding diaryl/α,β-unsaturated/α-hetero) is 1. The summed E-state index contributed by atoms with van der Waals surface area (Å²) in [6, 6.07) is 28.9. The van der Waals surface area contributed by atoms with Crippen LogP contribution in [0.15, 0.2) is 90.5 Å². The Kier molecular flexibility index (Phi) is 5.25. The van der Waals surface area contributed by atoms with Crippen LogP contribution in [0.4, 0.5) is 0 Å². The Morgan fingerprint density at radius 3 is 2.28 bits per heavy atom. The van der Waals surface area contributed by atoms with Crippen molar-refractivity contribution >= 4 is 34.4 Å². The molecule has 0 amide bonds. The number of fused-ring (bicyclic) bond motifs is 4. The van der Waals surface area contributed by atoms with Gasteiger partial charge in [0.1, 0.15) is 17.0 Å². The summed E-state index contributed by atoms with van der Waals surface area (Å²) in [7, 11) is 3.34. The van der Waals surface area contributed by atoms with Crippen molar-refractivity contribution in [2.24, 2.45) is 5.41 Å². The van der Waals surface area contributed by atoms with E-state index in [4.69, 9.17) is 9.47 Å². The summed E-state index contributed by atoms with van der Waals surface area (Å²) in [6.07, 6.45) is 2.03. The van der Waals surface area contributed by atoms with E-state index in [1.165, 1.54) is 0 Å². The van der Waals surface area contributed by atoms with Crippen molar-refractivity contribution in [3.63, 3.8) is 0 Å². The number of carbonyl (C=O) groups excluding carboxylic acids is 1. The molecule has 1 N–H and O–H groups in total. The first kappa shape index (κ1) is 25.8. The average Bonchev–Trinajstić information content (AvgIpc) is 3.71. The molecule has 1 aliphatic carbocycles. The number of methoxy groups -OCH3 is 2. The third-order valence-corrected chi connectivity index (χ3v) is 12.0. The number of piperidine rings is 1. The van der Waals surface area contributed by atoms with E-state index in [1.807, 2.05) is 54.2 Å². The highest BCUT2D eigenvalue weighted by Crippen LogP contribution is 2.78. The maximum absolute atomic E-state index is 15.5. The van der Waals surface area contributed by atoms with Crippen LogP contribution < -0.4 is 9.47 Å². The second-order valence-corrected chi connectivity index (χ2v) is 13.5. The largest absolute Gasteiger partial charge is 0.497 e. The molecule has 6 nitrogen and oxygen atoms in total. The lowest BCUT2D eigenvalue weighted by atomic mass is 9.57. The quantitative estimate of drug-likeness (QED) is 0.323. The Morgan fingerprint density at radius 2 is 1.58 bits per heavy atom. The molecule has 43 heavy (non-hydrogen) atoms. The number of thioether (sulfide) groups is 1. The molecule has 9 rings (SSSR count). The number of ether oxygens (including phenoxy) is 2. The van der Waals surface area contributed by atoms with Crippen LogP contribution in [0.2, 0.25) is 0 Å². The van der Waals surface area contributed by atoms with Gasteiger partial charge in [-0.1, -0.05) is 60.7 Å². The Bertz CT molecular complexity index is 1850. The number of ketones is 1. The minimum atomic E-state index is -1.36. The molecule has 4 aromatic rings. The molecule has 4 saturated heterocycles. The summed E-state index contributed by atoms with van der Waals surface area (Å²) in [5.74, 6) is 3.30. The Hall–Kier alpha value is -3.62.